The molecule has 0 saturated heterocycles. The Morgan fingerprint density at radius 1 is 1.15 bits per heavy atom. The highest BCUT2D eigenvalue weighted by Gasteiger charge is 2.16. The van der Waals surface area contributed by atoms with E-state index in [-0.39, 0.29) is 12.2 Å². The van der Waals surface area contributed by atoms with Gasteiger partial charge in [-0.2, -0.15) is 0 Å². The maximum atomic E-state index is 12.3. The lowest BCUT2D eigenvalue weighted by molar-refractivity contribution is -0.116. The van der Waals surface area contributed by atoms with Gasteiger partial charge in [0.2, 0.25) is 0 Å². The molecule has 1 aromatic heterocycles. The summed E-state index contributed by atoms with van der Waals surface area (Å²) in [5.74, 6) is 0.602. The topological polar surface area (TPSA) is 56.5 Å². The normalized spacial score (nSPS) is 10.9. The van der Waals surface area contributed by atoms with E-state index in [1.165, 1.54) is 6.92 Å². The lowest BCUT2D eigenvalue weighted by Crippen LogP contribution is -2.14. The summed E-state index contributed by atoms with van der Waals surface area (Å²) >= 11 is 3.45. The van der Waals surface area contributed by atoms with Crippen LogP contribution in [0, 0.1) is 13.8 Å². The second-order valence-electron chi connectivity index (χ2n) is 6.36. The van der Waals surface area contributed by atoms with Gasteiger partial charge in [-0.25, -0.2) is 4.79 Å². The Balaban J connectivity index is 1.98. The van der Waals surface area contributed by atoms with Crippen molar-refractivity contribution in [2.45, 2.75) is 33.8 Å². The number of rotatable bonds is 5. The Labute approximate surface area is 159 Å². The van der Waals surface area contributed by atoms with Gasteiger partial charge in [-0.05, 0) is 56.2 Å². The molecule has 0 aliphatic heterocycles. The summed E-state index contributed by atoms with van der Waals surface area (Å²) in [4.78, 5) is 23.7. The minimum atomic E-state index is -0.461. The lowest BCUT2D eigenvalue weighted by Gasteiger charge is -2.13. The van der Waals surface area contributed by atoms with Crippen LogP contribution in [0.4, 0.5) is 0 Å². The molecule has 0 unspecified atom stereocenters. The van der Waals surface area contributed by atoms with Crippen LogP contribution < -0.4 is 10.4 Å². The van der Waals surface area contributed by atoms with E-state index >= 15 is 0 Å². The van der Waals surface area contributed by atoms with Crippen LogP contribution in [0.2, 0.25) is 0 Å². The van der Waals surface area contributed by atoms with Gasteiger partial charge in [0.05, 0.1) is 0 Å². The number of carbonyl (C=O) groups is 1. The van der Waals surface area contributed by atoms with Crippen LogP contribution in [0.3, 0.4) is 0 Å². The molecule has 0 N–H and O–H groups in total. The highest BCUT2D eigenvalue weighted by Crippen LogP contribution is 2.30. The third-order valence-corrected chi connectivity index (χ3v) is 4.86. The number of ether oxygens (including phenoxy) is 1. The average Bonchev–Trinajstić information content (AvgIpc) is 2.58. The van der Waals surface area contributed by atoms with E-state index in [4.69, 9.17) is 9.15 Å². The van der Waals surface area contributed by atoms with Crippen LogP contribution in [0.25, 0.3) is 11.0 Å². The van der Waals surface area contributed by atoms with E-state index in [9.17, 15) is 9.59 Å². The Hall–Kier alpha value is -2.40. The quantitative estimate of drug-likeness (QED) is 0.558. The predicted octanol–water partition coefficient (Wildman–Crippen LogP) is 4.88. The summed E-state index contributed by atoms with van der Waals surface area (Å²) in [5.41, 5.74) is 3.06. The molecule has 0 fully saturated rings. The summed E-state index contributed by atoms with van der Waals surface area (Å²) in [6.45, 7) is 5.59. The van der Waals surface area contributed by atoms with E-state index in [0.717, 1.165) is 26.5 Å². The van der Waals surface area contributed by atoms with Gasteiger partial charge in [-0.3, -0.25) is 4.79 Å². The number of benzene rings is 2. The molecule has 0 aliphatic carbocycles. The van der Waals surface area contributed by atoms with Crippen LogP contribution in [-0.2, 0) is 17.8 Å². The standard InChI is InChI=1S/C21H19BrO4/c1-12(23)9-18-13(2)17-7-8-19(14(3)20(17)26-21(18)24)25-11-15-5-4-6-16(22)10-15/h4-8,10H,9,11H2,1-3H3. The van der Waals surface area contributed by atoms with Crippen molar-refractivity contribution in [3.63, 3.8) is 0 Å². The summed E-state index contributed by atoms with van der Waals surface area (Å²) in [7, 11) is 0. The average molecular weight is 415 g/mol. The van der Waals surface area contributed by atoms with E-state index in [0.29, 0.717) is 23.5 Å². The molecule has 0 amide bonds. The molecular weight excluding hydrogens is 396 g/mol. The summed E-state index contributed by atoms with van der Waals surface area (Å²) in [6.07, 6.45) is 0.0876. The van der Waals surface area contributed by atoms with Crippen LogP contribution in [0.5, 0.6) is 5.75 Å². The van der Waals surface area contributed by atoms with Crippen LogP contribution in [-0.4, -0.2) is 5.78 Å². The Morgan fingerprint density at radius 3 is 2.62 bits per heavy atom. The fourth-order valence-electron chi connectivity index (χ4n) is 2.97. The third kappa shape index (κ3) is 3.73. The van der Waals surface area contributed by atoms with Crippen LogP contribution >= 0.6 is 15.9 Å². The number of hydrogen-bond donors (Lipinski definition) is 0. The highest BCUT2D eigenvalue weighted by atomic mass is 79.9. The SMILES string of the molecule is CC(=O)Cc1c(C)c2ccc(OCc3cccc(Br)c3)c(C)c2oc1=O. The molecule has 3 rings (SSSR count). The fraction of sp³-hybridized carbons (Fsp3) is 0.238. The zero-order chi connectivity index (χ0) is 18.8. The van der Waals surface area contributed by atoms with Crippen molar-refractivity contribution in [1.82, 2.24) is 0 Å². The summed E-state index contributed by atoms with van der Waals surface area (Å²) < 4.78 is 12.4. The number of aryl methyl sites for hydroxylation is 2. The minimum absolute atomic E-state index is 0.0644. The summed E-state index contributed by atoms with van der Waals surface area (Å²) in [6, 6.07) is 11.6. The Kier molecular flexibility index (Phi) is 5.28. The first-order valence-corrected chi connectivity index (χ1v) is 9.08. The molecule has 1 heterocycles. The fourth-order valence-corrected chi connectivity index (χ4v) is 3.41. The number of fused-ring (bicyclic) bond motifs is 1. The van der Waals surface area contributed by atoms with Gasteiger partial charge in [0.15, 0.2) is 0 Å². The van der Waals surface area contributed by atoms with E-state index in [1.54, 1.807) is 0 Å². The zero-order valence-corrected chi connectivity index (χ0v) is 16.5. The molecule has 0 radical (unpaired) electrons. The van der Waals surface area contributed by atoms with Gasteiger partial charge in [0.1, 0.15) is 23.7 Å². The molecule has 5 heteroatoms. The van der Waals surface area contributed by atoms with Gasteiger partial charge in [-0.15, -0.1) is 0 Å². The lowest BCUT2D eigenvalue weighted by atomic mass is 10.0. The minimum Gasteiger partial charge on any atom is -0.488 e. The maximum Gasteiger partial charge on any atom is 0.340 e. The van der Waals surface area contributed by atoms with Crippen molar-refractivity contribution in [2.75, 3.05) is 0 Å². The van der Waals surface area contributed by atoms with Crippen molar-refractivity contribution in [1.29, 1.82) is 0 Å². The largest absolute Gasteiger partial charge is 0.488 e. The molecule has 0 atom stereocenters. The molecule has 3 aromatic rings. The highest BCUT2D eigenvalue weighted by molar-refractivity contribution is 9.10. The van der Waals surface area contributed by atoms with Gasteiger partial charge in [0, 0.05) is 27.4 Å². The maximum absolute atomic E-state index is 12.3. The number of halogens is 1. The van der Waals surface area contributed by atoms with E-state index < -0.39 is 5.63 Å². The molecule has 134 valence electrons. The van der Waals surface area contributed by atoms with Crippen molar-refractivity contribution in [3.8, 4) is 5.75 Å². The third-order valence-electron chi connectivity index (χ3n) is 4.36. The monoisotopic (exact) mass is 414 g/mol. The van der Waals surface area contributed by atoms with Crippen LogP contribution in [0.15, 0.2) is 50.1 Å². The molecule has 2 aromatic carbocycles. The summed E-state index contributed by atoms with van der Waals surface area (Å²) in [5, 5.41) is 0.827. The molecule has 26 heavy (non-hydrogen) atoms. The predicted molar refractivity (Wildman–Crippen MR) is 105 cm³/mol. The van der Waals surface area contributed by atoms with Crippen molar-refractivity contribution >= 4 is 32.7 Å². The Morgan fingerprint density at radius 2 is 1.92 bits per heavy atom. The van der Waals surface area contributed by atoms with Gasteiger partial charge in [0.25, 0.3) is 0 Å². The van der Waals surface area contributed by atoms with Crippen LogP contribution in [0.1, 0.15) is 29.2 Å². The molecular formula is C21H19BrO4. The van der Waals surface area contributed by atoms with E-state index in [2.05, 4.69) is 15.9 Å². The molecule has 4 nitrogen and oxygen atoms in total. The molecule has 0 saturated carbocycles. The van der Waals surface area contributed by atoms with Crippen molar-refractivity contribution in [3.05, 3.63) is 73.5 Å². The first-order chi connectivity index (χ1) is 12.4. The number of Topliss-reactive ketones (excluding diaryl/α,β-unsaturated/α-hetero) is 1. The first kappa shape index (κ1) is 18.4. The van der Waals surface area contributed by atoms with Crippen molar-refractivity contribution < 1.29 is 13.9 Å². The van der Waals surface area contributed by atoms with Gasteiger partial charge < -0.3 is 9.15 Å². The van der Waals surface area contributed by atoms with Gasteiger partial charge in [-0.1, -0.05) is 28.1 Å². The molecule has 0 spiro atoms. The first-order valence-electron chi connectivity index (χ1n) is 8.29. The number of ketones is 1. The zero-order valence-electron chi connectivity index (χ0n) is 14.9. The molecule has 0 aliphatic rings. The number of hydrogen-bond acceptors (Lipinski definition) is 4. The van der Waals surface area contributed by atoms with Crippen molar-refractivity contribution in [2.24, 2.45) is 0 Å². The smallest absolute Gasteiger partial charge is 0.340 e. The van der Waals surface area contributed by atoms with Gasteiger partial charge >= 0.3 is 5.63 Å². The second-order valence-corrected chi connectivity index (χ2v) is 7.27. The van der Waals surface area contributed by atoms with E-state index in [1.807, 2.05) is 50.2 Å². The second kappa shape index (κ2) is 7.46. The molecule has 0 bridgehead atoms. The Bertz CT molecular complexity index is 1050. The number of carbonyl (C=O) groups excluding carboxylic acids is 1.